The van der Waals surface area contributed by atoms with Crippen LogP contribution in [0.5, 0.6) is 6.01 Å². The monoisotopic (exact) mass is 366 g/mol. The van der Waals surface area contributed by atoms with Gasteiger partial charge in [0.15, 0.2) is 11.2 Å². The number of ether oxygens (including phenoxy) is 1. The third kappa shape index (κ3) is 2.95. The van der Waals surface area contributed by atoms with Crippen molar-refractivity contribution in [3.05, 3.63) is 80.9 Å². The fraction of sp³-hybridized carbons (Fsp3) is 0.211. The van der Waals surface area contributed by atoms with Gasteiger partial charge in [0, 0.05) is 14.1 Å². The summed E-state index contributed by atoms with van der Waals surface area (Å²) in [7, 11) is 3.04. The van der Waals surface area contributed by atoms with E-state index in [-0.39, 0.29) is 18.3 Å². The van der Waals surface area contributed by atoms with Gasteiger partial charge >= 0.3 is 5.69 Å². The van der Waals surface area contributed by atoms with Crippen molar-refractivity contribution in [2.24, 2.45) is 14.1 Å². The molecule has 0 saturated heterocycles. The third-order valence-corrected chi connectivity index (χ3v) is 4.42. The second-order valence-corrected chi connectivity index (χ2v) is 6.21. The number of benzene rings is 1. The smallest absolute Gasteiger partial charge is 0.332 e. The number of nitrogens with zero attached hydrogens (tertiary/aromatic N) is 4. The molecule has 1 aromatic carbocycles. The minimum Gasteiger partial charge on any atom is -0.466 e. The van der Waals surface area contributed by atoms with Crippen LogP contribution in [0.1, 0.15) is 11.3 Å². The quantitative estimate of drug-likeness (QED) is 0.536. The molecule has 4 aromatic rings. The lowest BCUT2D eigenvalue weighted by Crippen LogP contribution is -2.37. The van der Waals surface area contributed by atoms with Crippen LogP contribution in [0.25, 0.3) is 11.2 Å². The van der Waals surface area contributed by atoms with Gasteiger partial charge in [0.1, 0.15) is 12.4 Å². The lowest BCUT2D eigenvalue weighted by atomic mass is 10.2. The Hall–Kier alpha value is -3.55. The molecule has 0 saturated carbocycles. The Balaban J connectivity index is 1.88. The lowest BCUT2D eigenvalue weighted by molar-refractivity contribution is 0.242. The zero-order chi connectivity index (χ0) is 19.0. The number of imidazole rings is 1. The third-order valence-electron chi connectivity index (χ3n) is 4.42. The first-order chi connectivity index (χ1) is 13.1. The van der Waals surface area contributed by atoms with E-state index in [0.717, 1.165) is 10.1 Å². The molecule has 0 amide bonds. The predicted molar refractivity (Wildman–Crippen MR) is 98.8 cm³/mol. The first-order valence-corrected chi connectivity index (χ1v) is 8.41. The highest BCUT2D eigenvalue weighted by Gasteiger charge is 2.20. The highest BCUT2D eigenvalue weighted by atomic mass is 16.5. The summed E-state index contributed by atoms with van der Waals surface area (Å²) in [6.07, 6.45) is 1.56. The summed E-state index contributed by atoms with van der Waals surface area (Å²) < 4.78 is 15.2. The SMILES string of the molecule is Cn1c(=O)c2c(nc(OCc3ccco3)n2Cc2ccccc2)n(C)c1=O. The summed E-state index contributed by atoms with van der Waals surface area (Å²) in [5.74, 6) is 0.634. The molecule has 0 atom stereocenters. The summed E-state index contributed by atoms with van der Waals surface area (Å²) in [6.45, 7) is 0.553. The van der Waals surface area contributed by atoms with E-state index >= 15 is 0 Å². The van der Waals surface area contributed by atoms with Gasteiger partial charge in [-0.15, -0.1) is 0 Å². The Morgan fingerprint density at radius 2 is 1.81 bits per heavy atom. The molecule has 3 aromatic heterocycles. The van der Waals surface area contributed by atoms with E-state index in [2.05, 4.69) is 4.98 Å². The van der Waals surface area contributed by atoms with Gasteiger partial charge in [0.05, 0.1) is 12.8 Å². The minimum absolute atomic E-state index is 0.166. The highest BCUT2D eigenvalue weighted by molar-refractivity contribution is 5.72. The number of hydrogen-bond donors (Lipinski definition) is 0. The van der Waals surface area contributed by atoms with Crippen LogP contribution in [0.4, 0.5) is 0 Å². The number of fused-ring (bicyclic) bond motifs is 1. The van der Waals surface area contributed by atoms with E-state index in [4.69, 9.17) is 9.15 Å². The Kier molecular flexibility index (Phi) is 4.15. The fourth-order valence-corrected chi connectivity index (χ4v) is 2.98. The fourth-order valence-electron chi connectivity index (χ4n) is 2.98. The maximum atomic E-state index is 12.8. The van der Waals surface area contributed by atoms with Crippen LogP contribution in [-0.4, -0.2) is 18.7 Å². The van der Waals surface area contributed by atoms with Crippen molar-refractivity contribution in [1.29, 1.82) is 0 Å². The van der Waals surface area contributed by atoms with Gasteiger partial charge in [-0.3, -0.25) is 18.5 Å². The summed E-state index contributed by atoms with van der Waals surface area (Å²) >= 11 is 0. The molecule has 3 heterocycles. The van der Waals surface area contributed by atoms with Crippen LogP contribution in [0, 0.1) is 0 Å². The Morgan fingerprint density at radius 3 is 2.52 bits per heavy atom. The molecule has 0 N–H and O–H groups in total. The van der Waals surface area contributed by atoms with Gasteiger partial charge in [-0.05, 0) is 17.7 Å². The number of aryl methyl sites for hydroxylation is 1. The average Bonchev–Trinajstić information content (AvgIpc) is 3.32. The van der Waals surface area contributed by atoms with Crippen LogP contribution < -0.4 is 16.0 Å². The molecular formula is C19H18N4O4. The number of rotatable bonds is 5. The van der Waals surface area contributed by atoms with E-state index in [1.807, 2.05) is 30.3 Å². The van der Waals surface area contributed by atoms with Gasteiger partial charge in [-0.1, -0.05) is 30.3 Å². The summed E-state index contributed by atoms with van der Waals surface area (Å²) in [5.41, 5.74) is 0.737. The zero-order valence-electron chi connectivity index (χ0n) is 15.0. The van der Waals surface area contributed by atoms with E-state index in [1.165, 1.54) is 11.6 Å². The summed E-state index contributed by atoms with van der Waals surface area (Å²) in [4.78, 5) is 29.4. The lowest BCUT2D eigenvalue weighted by Gasteiger charge is -2.10. The number of furan rings is 1. The molecule has 0 bridgehead atoms. The van der Waals surface area contributed by atoms with Crippen LogP contribution in [0.15, 0.2) is 62.7 Å². The van der Waals surface area contributed by atoms with Crippen molar-refractivity contribution in [3.63, 3.8) is 0 Å². The average molecular weight is 366 g/mol. The van der Waals surface area contributed by atoms with Gasteiger partial charge in [-0.25, -0.2) is 4.79 Å². The summed E-state index contributed by atoms with van der Waals surface area (Å²) in [6, 6.07) is 13.5. The van der Waals surface area contributed by atoms with E-state index in [0.29, 0.717) is 17.8 Å². The largest absolute Gasteiger partial charge is 0.466 e. The molecule has 138 valence electrons. The van der Waals surface area contributed by atoms with Crippen molar-refractivity contribution in [1.82, 2.24) is 18.7 Å². The second-order valence-electron chi connectivity index (χ2n) is 6.21. The molecule has 0 radical (unpaired) electrons. The van der Waals surface area contributed by atoms with E-state index in [9.17, 15) is 9.59 Å². The minimum atomic E-state index is -0.436. The molecule has 4 rings (SSSR count). The standard InChI is InChI=1S/C19H18N4O4/c1-21-16-15(17(24)22(2)19(21)25)23(11-13-7-4-3-5-8-13)18(20-16)27-12-14-9-6-10-26-14/h3-10H,11-12H2,1-2H3. The van der Waals surface area contributed by atoms with E-state index < -0.39 is 11.2 Å². The zero-order valence-corrected chi connectivity index (χ0v) is 15.0. The molecule has 27 heavy (non-hydrogen) atoms. The molecule has 0 spiro atoms. The van der Waals surface area contributed by atoms with Gasteiger partial charge in [0.25, 0.3) is 11.6 Å². The second kappa shape index (κ2) is 6.64. The van der Waals surface area contributed by atoms with E-state index in [1.54, 1.807) is 30.0 Å². The normalized spacial score (nSPS) is 11.2. The van der Waals surface area contributed by atoms with Crippen LogP contribution >= 0.6 is 0 Å². The molecule has 8 nitrogen and oxygen atoms in total. The topological polar surface area (TPSA) is 84.2 Å². The predicted octanol–water partition coefficient (Wildman–Crippen LogP) is 1.65. The van der Waals surface area contributed by atoms with Gasteiger partial charge < -0.3 is 9.15 Å². The van der Waals surface area contributed by atoms with Crippen LogP contribution in [0.3, 0.4) is 0 Å². The maximum absolute atomic E-state index is 12.8. The van der Waals surface area contributed by atoms with Crippen molar-refractivity contribution in [3.8, 4) is 6.01 Å². The molecule has 8 heteroatoms. The number of aromatic nitrogens is 4. The molecular weight excluding hydrogens is 348 g/mol. The van der Waals surface area contributed by atoms with Gasteiger partial charge in [0.2, 0.25) is 0 Å². The van der Waals surface area contributed by atoms with Gasteiger partial charge in [-0.2, -0.15) is 4.98 Å². The van der Waals surface area contributed by atoms with Crippen LogP contribution in [-0.2, 0) is 27.2 Å². The molecule has 0 fully saturated rings. The van der Waals surface area contributed by atoms with Crippen molar-refractivity contribution < 1.29 is 9.15 Å². The first-order valence-electron chi connectivity index (χ1n) is 8.41. The van der Waals surface area contributed by atoms with Crippen molar-refractivity contribution in [2.75, 3.05) is 0 Å². The molecule has 0 unspecified atom stereocenters. The molecule has 0 aliphatic rings. The molecule has 0 aliphatic carbocycles. The maximum Gasteiger partial charge on any atom is 0.332 e. The van der Waals surface area contributed by atoms with Crippen molar-refractivity contribution >= 4 is 11.2 Å². The molecule has 0 aliphatic heterocycles. The van der Waals surface area contributed by atoms with Crippen LogP contribution in [0.2, 0.25) is 0 Å². The summed E-state index contributed by atoms with van der Waals surface area (Å²) in [5, 5.41) is 0. The highest BCUT2D eigenvalue weighted by Crippen LogP contribution is 2.20. The van der Waals surface area contributed by atoms with Crippen molar-refractivity contribution in [2.45, 2.75) is 13.2 Å². The number of hydrogen-bond acceptors (Lipinski definition) is 5. The Bertz CT molecular complexity index is 1200. The first kappa shape index (κ1) is 16.9. The Morgan fingerprint density at radius 1 is 1.04 bits per heavy atom. The Labute approximate surface area is 153 Å².